The minimum absolute atomic E-state index is 0.851. The topological polar surface area (TPSA) is 19.6 Å². The monoisotopic (exact) mass is 754 g/mol. The molecule has 0 spiro atoms. The summed E-state index contributed by atoms with van der Waals surface area (Å²) in [5, 5.41) is 2.21. The molecule has 3 heteroatoms. The smallest absolute Gasteiger partial charge is 0.137 e. The van der Waals surface area contributed by atoms with Crippen LogP contribution in [-0.4, -0.2) is 0 Å². The maximum Gasteiger partial charge on any atom is 0.137 e. The fourth-order valence-corrected chi connectivity index (χ4v) is 8.81. The third-order valence-corrected chi connectivity index (χ3v) is 11.4. The fraction of sp³-hybridized carbons (Fsp3) is 0. The van der Waals surface area contributed by atoms with Crippen molar-refractivity contribution in [2.24, 2.45) is 0 Å². The van der Waals surface area contributed by atoms with Gasteiger partial charge in [0.2, 0.25) is 0 Å². The van der Waals surface area contributed by atoms with Crippen molar-refractivity contribution in [3.63, 3.8) is 0 Å². The molecule has 0 atom stereocenters. The zero-order valence-electron chi connectivity index (χ0n) is 32.2. The molecule has 0 radical (unpaired) electrons. The molecule has 0 amide bonds. The quantitative estimate of drug-likeness (QED) is 0.162. The van der Waals surface area contributed by atoms with Crippen LogP contribution < -0.4 is 9.80 Å². The average Bonchev–Trinajstić information content (AvgIpc) is 3.68. The van der Waals surface area contributed by atoms with Crippen molar-refractivity contribution in [1.82, 2.24) is 0 Å². The Kier molecular flexibility index (Phi) is 8.49. The Morgan fingerprint density at radius 3 is 1.68 bits per heavy atom. The summed E-state index contributed by atoms with van der Waals surface area (Å²) in [4.78, 5) is 4.80. The van der Waals surface area contributed by atoms with Crippen LogP contribution in [0.1, 0.15) is 22.3 Å². The number of hydrogen-bond acceptors (Lipinski definition) is 3. The normalized spacial score (nSPS) is 12.0. The van der Waals surface area contributed by atoms with E-state index >= 15 is 0 Å². The van der Waals surface area contributed by atoms with E-state index in [4.69, 9.17) is 4.42 Å². The fourth-order valence-electron chi connectivity index (χ4n) is 8.81. The summed E-state index contributed by atoms with van der Waals surface area (Å²) in [5.74, 6) is 0. The van der Waals surface area contributed by atoms with Crippen LogP contribution in [0.25, 0.3) is 44.2 Å². The number of benzene rings is 9. The number of hydrogen-bond donors (Lipinski definition) is 0. The third kappa shape index (κ3) is 6.00. The second kappa shape index (κ2) is 14.6. The molecule has 9 aromatic carbocycles. The van der Waals surface area contributed by atoms with Gasteiger partial charge in [0.1, 0.15) is 11.2 Å². The molecular formula is C56H38N2O. The molecule has 278 valence electrons. The molecule has 0 saturated heterocycles. The molecule has 10 aromatic rings. The van der Waals surface area contributed by atoms with Crippen molar-refractivity contribution >= 4 is 67.2 Å². The van der Waals surface area contributed by atoms with E-state index in [0.29, 0.717) is 0 Å². The van der Waals surface area contributed by atoms with Crippen LogP contribution in [0.5, 0.6) is 0 Å². The highest BCUT2D eigenvalue weighted by Crippen LogP contribution is 2.54. The van der Waals surface area contributed by atoms with Crippen LogP contribution in [0.4, 0.5) is 34.1 Å². The van der Waals surface area contributed by atoms with E-state index < -0.39 is 0 Å². The number of rotatable bonds is 7. The van der Waals surface area contributed by atoms with Crippen LogP contribution >= 0.6 is 0 Å². The van der Waals surface area contributed by atoms with E-state index in [0.717, 1.165) is 83.9 Å². The largest absolute Gasteiger partial charge is 0.456 e. The Balaban J connectivity index is 1.23. The maximum atomic E-state index is 6.53. The van der Waals surface area contributed by atoms with E-state index in [1.54, 1.807) is 0 Å². The average molecular weight is 755 g/mol. The number of anilines is 6. The molecule has 11 rings (SSSR count). The van der Waals surface area contributed by atoms with Crippen molar-refractivity contribution in [2.45, 2.75) is 0 Å². The van der Waals surface area contributed by atoms with Crippen molar-refractivity contribution in [3.05, 3.63) is 253 Å². The van der Waals surface area contributed by atoms with E-state index in [1.807, 2.05) is 12.1 Å². The van der Waals surface area contributed by atoms with Gasteiger partial charge in [0.15, 0.2) is 0 Å². The summed E-state index contributed by atoms with van der Waals surface area (Å²) in [5.41, 5.74) is 17.5. The summed E-state index contributed by atoms with van der Waals surface area (Å²) < 4.78 is 6.53. The van der Waals surface area contributed by atoms with Gasteiger partial charge >= 0.3 is 0 Å². The summed E-state index contributed by atoms with van der Waals surface area (Å²) in [6.07, 6.45) is 0. The summed E-state index contributed by atoms with van der Waals surface area (Å²) in [6.45, 7) is 0. The molecule has 59 heavy (non-hydrogen) atoms. The highest BCUT2D eigenvalue weighted by Gasteiger charge is 2.32. The molecule has 0 fully saturated rings. The predicted molar refractivity (Wildman–Crippen MR) is 246 cm³/mol. The lowest BCUT2D eigenvalue weighted by molar-refractivity contribution is 0.669. The van der Waals surface area contributed by atoms with Crippen LogP contribution in [0.3, 0.4) is 0 Å². The first-order valence-electron chi connectivity index (χ1n) is 20.1. The van der Waals surface area contributed by atoms with Crippen LogP contribution in [0, 0.1) is 0 Å². The van der Waals surface area contributed by atoms with Crippen LogP contribution in [0.2, 0.25) is 0 Å². The van der Waals surface area contributed by atoms with Crippen molar-refractivity contribution in [1.29, 1.82) is 0 Å². The molecule has 1 aliphatic heterocycles. The molecule has 3 nitrogen and oxygen atoms in total. The van der Waals surface area contributed by atoms with E-state index in [1.165, 1.54) is 16.7 Å². The summed E-state index contributed by atoms with van der Waals surface area (Å²) in [7, 11) is 0. The Morgan fingerprint density at radius 1 is 0.390 bits per heavy atom. The standard InChI is InChI=1S/C56H38N2O/c1-5-19-39(20-6-1)45-27-13-16-30-50(45)57(44-33-35-47-46-28-15-18-32-53(46)59-54(47)38-44)43-34-36-52-49(37-43)56(55(40-21-7-2-8-22-40)41-23-9-3-10-24-41)48-29-14-17-31-51(48)58(52)42-25-11-4-12-26-42/h1-38H. The number of fused-ring (bicyclic) bond motifs is 5. The lowest BCUT2D eigenvalue weighted by Gasteiger charge is -2.37. The van der Waals surface area contributed by atoms with Gasteiger partial charge in [0.05, 0.1) is 17.1 Å². The first-order chi connectivity index (χ1) is 29.3. The predicted octanol–water partition coefficient (Wildman–Crippen LogP) is 15.5. The number of para-hydroxylation sites is 4. The van der Waals surface area contributed by atoms with Gasteiger partial charge in [-0.05, 0) is 82.9 Å². The van der Waals surface area contributed by atoms with Crippen molar-refractivity contribution in [3.8, 4) is 11.1 Å². The molecular weight excluding hydrogens is 717 g/mol. The molecule has 0 unspecified atom stereocenters. The molecule has 0 N–H and O–H groups in total. The Morgan fingerprint density at radius 2 is 0.932 bits per heavy atom. The Hall–Kier alpha value is -7.88. The zero-order valence-corrected chi connectivity index (χ0v) is 32.2. The first-order valence-corrected chi connectivity index (χ1v) is 20.1. The van der Waals surface area contributed by atoms with Gasteiger partial charge in [-0.2, -0.15) is 0 Å². The van der Waals surface area contributed by atoms with Gasteiger partial charge in [0.25, 0.3) is 0 Å². The molecule has 2 heterocycles. The minimum atomic E-state index is 0.851. The molecule has 0 bridgehead atoms. The van der Waals surface area contributed by atoms with Crippen molar-refractivity contribution < 1.29 is 4.42 Å². The van der Waals surface area contributed by atoms with Gasteiger partial charge in [-0.3, -0.25) is 0 Å². The summed E-state index contributed by atoms with van der Waals surface area (Å²) in [6, 6.07) is 82.5. The SMILES string of the molecule is c1ccc(C(=C2c3ccccc3N(c3ccccc3)c3ccc(N(c4ccc5c(c4)oc4ccccc45)c4ccccc4-c4ccccc4)cc32)c2ccccc2)cc1. The van der Waals surface area contributed by atoms with Gasteiger partial charge < -0.3 is 14.2 Å². The minimum Gasteiger partial charge on any atom is -0.456 e. The van der Waals surface area contributed by atoms with Gasteiger partial charge in [-0.1, -0.05) is 164 Å². The van der Waals surface area contributed by atoms with E-state index in [2.05, 4.69) is 228 Å². The van der Waals surface area contributed by atoms with E-state index in [9.17, 15) is 0 Å². The lowest BCUT2D eigenvalue weighted by atomic mass is 9.81. The van der Waals surface area contributed by atoms with Crippen LogP contribution in [0.15, 0.2) is 235 Å². The highest BCUT2D eigenvalue weighted by molar-refractivity contribution is 6.13. The van der Waals surface area contributed by atoms with Gasteiger partial charge in [-0.15, -0.1) is 0 Å². The Labute approximate surface area is 344 Å². The van der Waals surface area contributed by atoms with Gasteiger partial charge in [-0.25, -0.2) is 0 Å². The summed E-state index contributed by atoms with van der Waals surface area (Å²) >= 11 is 0. The second-order valence-corrected chi connectivity index (χ2v) is 14.9. The maximum absolute atomic E-state index is 6.53. The first kappa shape index (κ1) is 34.4. The van der Waals surface area contributed by atoms with Crippen molar-refractivity contribution in [2.75, 3.05) is 9.80 Å². The van der Waals surface area contributed by atoms with E-state index in [-0.39, 0.29) is 0 Å². The molecule has 0 saturated carbocycles. The third-order valence-electron chi connectivity index (χ3n) is 11.4. The number of furan rings is 1. The zero-order chi connectivity index (χ0) is 39.1. The number of nitrogens with zero attached hydrogens (tertiary/aromatic N) is 2. The molecule has 1 aromatic heterocycles. The Bertz CT molecular complexity index is 3110. The lowest BCUT2D eigenvalue weighted by Crippen LogP contribution is -2.20. The highest BCUT2D eigenvalue weighted by atomic mass is 16.3. The molecule has 1 aliphatic rings. The van der Waals surface area contributed by atoms with Crippen LogP contribution in [-0.2, 0) is 0 Å². The second-order valence-electron chi connectivity index (χ2n) is 14.9. The van der Waals surface area contributed by atoms with Gasteiger partial charge in [0, 0.05) is 56.2 Å². The molecule has 0 aliphatic carbocycles.